The maximum absolute atomic E-state index is 12.1. The van der Waals surface area contributed by atoms with Crippen LogP contribution >= 0.6 is 0 Å². The van der Waals surface area contributed by atoms with Gasteiger partial charge >= 0.3 is 0 Å². The second-order valence-electron chi connectivity index (χ2n) is 6.49. The van der Waals surface area contributed by atoms with Crippen LogP contribution in [-0.4, -0.2) is 34.5 Å². The number of hydrogen-bond donors (Lipinski definition) is 2. The lowest BCUT2D eigenvalue weighted by Gasteiger charge is -2.08. The second-order valence-corrected chi connectivity index (χ2v) is 8.26. The molecule has 6 nitrogen and oxygen atoms in total. The van der Waals surface area contributed by atoms with Gasteiger partial charge in [0.1, 0.15) is 5.75 Å². The minimum absolute atomic E-state index is 0.0187. The molecule has 2 aromatic rings. The van der Waals surface area contributed by atoms with Crippen LogP contribution in [0.25, 0.3) is 0 Å². The molecule has 0 aromatic heterocycles. The van der Waals surface area contributed by atoms with E-state index in [2.05, 4.69) is 10.0 Å². The number of rotatable bonds is 11. The van der Waals surface area contributed by atoms with Crippen molar-refractivity contribution in [3.05, 3.63) is 59.7 Å². The molecule has 152 valence electrons. The number of amides is 1. The summed E-state index contributed by atoms with van der Waals surface area (Å²) in [5, 5.41) is 2.91. The Morgan fingerprint density at radius 1 is 0.929 bits per heavy atom. The Kier molecular flexibility index (Phi) is 8.47. The fraction of sp³-hybridized carbons (Fsp3) is 0.381. The summed E-state index contributed by atoms with van der Waals surface area (Å²) in [4.78, 5) is 12.3. The van der Waals surface area contributed by atoms with Gasteiger partial charge in [-0.05, 0) is 54.7 Å². The van der Waals surface area contributed by atoms with Crippen LogP contribution in [0, 0.1) is 0 Å². The normalized spacial score (nSPS) is 11.2. The smallest absolute Gasteiger partial charge is 0.240 e. The van der Waals surface area contributed by atoms with E-state index in [1.807, 2.05) is 31.2 Å². The lowest BCUT2D eigenvalue weighted by atomic mass is 10.1. The van der Waals surface area contributed by atoms with Gasteiger partial charge in [-0.1, -0.05) is 31.2 Å². The molecule has 0 saturated carbocycles. The highest BCUT2D eigenvalue weighted by atomic mass is 32.2. The molecule has 28 heavy (non-hydrogen) atoms. The molecule has 1 amide bonds. The van der Waals surface area contributed by atoms with Gasteiger partial charge in [-0.25, -0.2) is 13.1 Å². The van der Waals surface area contributed by atoms with Crippen LogP contribution in [0.15, 0.2) is 53.4 Å². The first-order valence-electron chi connectivity index (χ1n) is 9.43. The average molecular weight is 405 g/mol. The van der Waals surface area contributed by atoms with E-state index < -0.39 is 10.0 Å². The number of aryl methyl sites for hydroxylation is 1. The van der Waals surface area contributed by atoms with Crippen molar-refractivity contribution in [2.45, 2.75) is 37.5 Å². The minimum Gasteiger partial charge on any atom is -0.497 e. The van der Waals surface area contributed by atoms with E-state index in [4.69, 9.17) is 4.74 Å². The number of benzene rings is 2. The molecule has 0 unspecified atom stereocenters. The van der Waals surface area contributed by atoms with Gasteiger partial charge in [-0.2, -0.15) is 0 Å². The van der Waals surface area contributed by atoms with Crippen molar-refractivity contribution in [2.24, 2.45) is 0 Å². The Labute approximate surface area is 167 Å². The van der Waals surface area contributed by atoms with Gasteiger partial charge in [-0.15, -0.1) is 0 Å². The average Bonchev–Trinajstić information content (AvgIpc) is 2.71. The summed E-state index contributed by atoms with van der Waals surface area (Å²) < 4.78 is 31.8. The molecule has 0 heterocycles. The maximum atomic E-state index is 12.1. The zero-order valence-electron chi connectivity index (χ0n) is 16.4. The SMILES string of the molecule is CCCNS(=O)(=O)c1ccc(CCC(=O)NCCc2ccc(OC)cc2)cc1. The summed E-state index contributed by atoms with van der Waals surface area (Å²) in [7, 11) is -1.82. The predicted octanol–water partition coefficient (Wildman–Crippen LogP) is 2.68. The van der Waals surface area contributed by atoms with Crippen molar-refractivity contribution < 1.29 is 17.9 Å². The predicted molar refractivity (Wildman–Crippen MR) is 110 cm³/mol. The highest BCUT2D eigenvalue weighted by Gasteiger charge is 2.12. The fourth-order valence-corrected chi connectivity index (χ4v) is 3.77. The molecular formula is C21H28N2O4S. The first kappa shape index (κ1) is 21.9. The number of sulfonamides is 1. The first-order chi connectivity index (χ1) is 13.4. The fourth-order valence-electron chi connectivity index (χ4n) is 2.64. The van der Waals surface area contributed by atoms with Crippen molar-refractivity contribution in [3.63, 3.8) is 0 Å². The van der Waals surface area contributed by atoms with Crippen molar-refractivity contribution in [1.29, 1.82) is 0 Å². The molecule has 0 atom stereocenters. The van der Waals surface area contributed by atoms with Crippen LogP contribution in [0.1, 0.15) is 30.9 Å². The molecule has 0 aliphatic carbocycles. The van der Waals surface area contributed by atoms with Gasteiger partial charge in [0.2, 0.25) is 15.9 Å². The number of carbonyl (C=O) groups is 1. The molecule has 2 aromatic carbocycles. The number of nitrogens with one attached hydrogen (secondary N) is 2. The van der Waals surface area contributed by atoms with Crippen molar-refractivity contribution in [2.75, 3.05) is 20.2 Å². The van der Waals surface area contributed by atoms with Crippen LogP contribution in [0.5, 0.6) is 5.75 Å². The van der Waals surface area contributed by atoms with Crippen molar-refractivity contribution in [1.82, 2.24) is 10.0 Å². The quantitative estimate of drug-likeness (QED) is 0.603. The summed E-state index contributed by atoms with van der Waals surface area (Å²) in [6.45, 7) is 2.90. The van der Waals surface area contributed by atoms with E-state index in [1.165, 1.54) is 0 Å². The standard InChI is InChI=1S/C21H28N2O4S/c1-3-15-23-28(25,26)20-11-6-17(7-12-20)8-13-21(24)22-16-14-18-4-9-19(27-2)10-5-18/h4-7,9-12,23H,3,8,13-16H2,1-2H3,(H,22,24). The van der Waals surface area contributed by atoms with E-state index in [0.717, 1.165) is 29.7 Å². The van der Waals surface area contributed by atoms with Crippen LogP contribution < -0.4 is 14.8 Å². The van der Waals surface area contributed by atoms with E-state index in [0.29, 0.717) is 25.9 Å². The zero-order chi connectivity index (χ0) is 20.4. The summed E-state index contributed by atoms with van der Waals surface area (Å²) in [6, 6.07) is 14.4. The summed E-state index contributed by atoms with van der Waals surface area (Å²) in [5.74, 6) is 0.794. The molecule has 0 spiro atoms. The third kappa shape index (κ3) is 6.98. The molecule has 0 fully saturated rings. The lowest BCUT2D eigenvalue weighted by molar-refractivity contribution is -0.121. The topological polar surface area (TPSA) is 84.5 Å². The molecule has 2 rings (SSSR count). The van der Waals surface area contributed by atoms with Crippen LogP contribution in [-0.2, 0) is 27.7 Å². The largest absolute Gasteiger partial charge is 0.497 e. The Balaban J connectivity index is 1.74. The molecule has 0 radical (unpaired) electrons. The van der Waals surface area contributed by atoms with E-state index >= 15 is 0 Å². The van der Waals surface area contributed by atoms with Crippen molar-refractivity contribution in [3.8, 4) is 5.75 Å². The maximum Gasteiger partial charge on any atom is 0.240 e. The number of ether oxygens (including phenoxy) is 1. The Bertz CT molecular complexity index is 847. The third-order valence-electron chi connectivity index (χ3n) is 4.31. The van der Waals surface area contributed by atoms with Gasteiger partial charge in [0.15, 0.2) is 0 Å². The first-order valence-corrected chi connectivity index (χ1v) is 10.9. The van der Waals surface area contributed by atoms with Gasteiger partial charge in [-0.3, -0.25) is 4.79 Å². The van der Waals surface area contributed by atoms with Gasteiger partial charge in [0.25, 0.3) is 0 Å². The second kappa shape index (κ2) is 10.8. The van der Waals surface area contributed by atoms with Gasteiger partial charge < -0.3 is 10.1 Å². The summed E-state index contributed by atoms with van der Waals surface area (Å²) in [6.07, 6.45) is 2.43. The Morgan fingerprint density at radius 3 is 2.14 bits per heavy atom. The molecule has 0 aliphatic rings. The Morgan fingerprint density at radius 2 is 1.54 bits per heavy atom. The highest BCUT2D eigenvalue weighted by molar-refractivity contribution is 7.89. The molecule has 7 heteroatoms. The zero-order valence-corrected chi connectivity index (χ0v) is 17.2. The van der Waals surface area contributed by atoms with E-state index in [1.54, 1.807) is 31.4 Å². The van der Waals surface area contributed by atoms with Crippen LogP contribution in [0.4, 0.5) is 0 Å². The number of carbonyl (C=O) groups excluding carboxylic acids is 1. The lowest BCUT2D eigenvalue weighted by Crippen LogP contribution is -2.26. The highest BCUT2D eigenvalue weighted by Crippen LogP contribution is 2.13. The monoisotopic (exact) mass is 404 g/mol. The molecule has 0 saturated heterocycles. The summed E-state index contributed by atoms with van der Waals surface area (Å²) in [5.41, 5.74) is 2.06. The van der Waals surface area contributed by atoms with Crippen LogP contribution in [0.3, 0.4) is 0 Å². The molecule has 2 N–H and O–H groups in total. The Hall–Kier alpha value is -2.38. The molecule has 0 bridgehead atoms. The number of methoxy groups -OCH3 is 1. The van der Waals surface area contributed by atoms with E-state index in [-0.39, 0.29) is 10.8 Å². The van der Waals surface area contributed by atoms with Gasteiger partial charge in [0.05, 0.1) is 12.0 Å². The van der Waals surface area contributed by atoms with E-state index in [9.17, 15) is 13.2 Å². The minimum atomic E-state index is -3.45. The third-order valence-corrected chi connectivity index (χ3v) is 5.79. The molecule has 0 aliphatic heterocycles. The molecular weight excluding hydrogens is 376 g/mol. The summed E-state index contributed by atoms with van der Waals surface area (Å²) >= 11 is 0. The number of hydrogen-bond acceptors (Lipinski definition) is 4. The van der Waals surface area contributed by atoms with Crippen molar-refractivity contribution >= 4 is 15.9 Å². The van der Waals surface area contributed by atoms with Crippen LogP contribution in [0.2, 0.25) is 0 Å². The van der Waals surface area contributed by atoms with Gasteiger partial charge in [0, 0.05) is 19.5 Å².